The van der Waals surface area contributed by atoms with E-state index in [-0.39, 0.29) is 19.8 Å². The summed E-state index contributed by atoms with van der Waals surface area (Å²) in [4.78, 5) is 37.9. The number of alkyl halides is 2. The average molecular weight is 369 g/mol. The molecule has 2 atom stereocenters. The molecule has 0 aliphatic carbocycles. The highest BCUT2D eigenvalue weighted by molar-refractivity contribution is 6.07. The van der Waals surface area contributed by atoms with Gasteiger partial charge in [0.15, 0.2) is 0 Å². The molecule has 6 nitrogen and oxygen atoms in total. The van der Waals surface area contributed by atoms with Crippen molar-refractivity contribution in [1.29, 1.82) is 0 Å². The number of halogens is 2. The quantitative estimate of drug-likeness (QED) is 0.563. The van der Waals surface area contributed by atoms with Crippen LogP contribution < -0.4 is 0 Å². The summed E-state index contributed by atoms with van der Waals surface area (Å²) >= 11 is 0. The fourth-order valence-electron chi connectivity index (χ4n) is 2.97. The van der Waals surface area contributed by atoms with Crippen LogP contribution in [0.1, 0.15) is 19.4 Å². The number of nitrogens with zero attached hydrogens (tertiary/aromatic N) is 1. The Morgan fingerprint density at radius 2 is 1.69 bits per heavy atom. The molecule has 0 N–H and O–H groups in total. The van der Waals surface area contributed by atoms with Crippen LogP contribution in [0.2, 0.25) is 0 Å². The number of hydrogen-bond acceptors (Lipinski definition) is 6. The number of benzene rings is 1. The van der Waals surface area contributed by atoms with Gasteiger partial charge in [0.25, 0.3) is 0 Å². The van der Waals surface area contributed by atoms with E-state index in [0.717, 1.165) is 4.90 Å². The Bertz CT molecular complexity index is 665. The Kier molecular flexibility index (Phi) is 6.42. The first-order chi connectivity index (χ1) is 12.3. The minimum absolute atomic E-state index is 0.00532. The van der Waals surface area contributed by atoms with Gasteiger partial charge < -0.3 is 9.47 Å². The van der Waals surface area contributed by atoms with Crippen molar-refractivity contribution in [3.63, 3.8) is 0 Å². The van der Waals surface area contributed by atoms with Gasteiger partial charge in [-0.15, -0.1) is 0 Å². The van der Waals surface area contributed by atoms with Crippen molar-refractivity contribution in [1.82, 2.24) is 4.90 Å². The Hall–Kier alpha value is -2.35. The first kappa shape index (κ1) is 20.0. The van der Waals surface area contributed by atoms with Crippen molar-refractivity contribution in [3.05, 3.63) is 35.9 Å². The number of carbonyl (C=O) groups is 3. The number of Topliss-reactive ketones (excluding diaryl/α,β-unsaturated/α-hetero) is 1. The van der Waals surface area contributed by atoms with E-state index in [1.165, 1.54) is 6.92 Å². The zero-order chi connectivity index (χ0) is 19.3. The maximum absolute atomic E-state index is 14.3. The minimum Gasteiger partial charge on any atom is -0.465 e. The molecule has 0 bridgehead atoms. The van der Waals surface area contributed by atoms with Crippen molar-refractivity contribution in [2.45, 2.75) is 32.4 Å². The molecular weight excluding hydrogens is 348 g/mol. The molecule has 0 radical (unpaired) electrons. The molecule has 1 aromatic carbocycles. The molecule has 0 amide bonds. The third-order valence-electron chi connectivity index (χ3n) is 4.05. The summed E-state index contributed by atoms with van der Waals surface area (Å²) in [5.74, 6) is -9.35. The van der Waals surface area contributed by atoms with Gasteiger partial charge in [-0.05, 0) is 19.4 Å². The minimum atomic E-state index is -3.77. The lowest BCUT2D eigenvalue weighted by atomic mass is 9.85. The maximum atomic E-state index is 14.3. The fourth-order valence-corrected chi connectivity index (χ4v) is 2.97. The zero-order valence-corrected chi connectivity index (χ0v) is 14.6. The summed E-state index contributed by atoms with van der Waals surface area (Å²) in [7, 11) is 0. The number of likely N-dealkylation sites (tertiary alicyclic amines) is 1. The van der Waals surface area contributed by atoms with Gasteiger partial charge in [0.1, 0.15) is 12.0 Å². The first-order valence-corrected chi connectivity index (χ1v) is 8.35. The summed E-state index contributed by atoms with van der Waals surface area (Å²) in [5.41, 5.74) is 0.662. The molecule has 1 aromatic rings. The highest BCUT2D eigenvalue weighted by atomic mass is 19.3. The number of esters is 2. The lowest BCUT2D eigenvalue weighted by Crippen LogP contribution is -2.64. The van der Waals surface area contributed by atoms with Crippen LogP contribution in [0.25, 0.3) is 0 Å². The SMILES string of the molecule is CCOC(=O)C1C(=O)C(F)(F)CN(Cc2ccccc2)C1C(=O)OCC. The van der Waals surface area contributed by atoms with Crippen LogP contribution in [0.15, 0.2) is 30.3 Å². The number of rotatable bonds is 6. The van der Waals surface area contributed by atoms with E-state index >= 15 is 0 Å². The molecule has 0 aromatic heterocycles. The van der Waals surface area contributed by atoms with Crippen molar-refractivity contribution >= 4 is 17.7 Å². The van der Waals surface area contributed by atoms with E-state index in [9.17, 15) is 23.2 Å². The predicted molar refractivity (Wildman–Crippen MR) is 87.4 cm³/mol. The summed E-state index contributed by atoms with van der Waals surface area (Å²) in [6.07, 6.45) is 0. The smallest absolute Gasteiger partial charge is 0.324 e. The number of hydrogen-bond donors (Lipinski definition) is 0. The standard InChI is InChI=1S/C18H21F2NO5/c1-3-25-16(23)13-14(17(24)26-4-2)21(11-18(19,20)15(13)22)10-12-8-6-5-7-9-12/h5-9,13-14H,3-4,10-11H2,1-2H3. The Balaban J connectivity index is 2.42. The third-order valence-corrected chi connectivity index (χ3v) is 4.05. The molecule has 2 unspecified atom stereocenters. The van der Waals surface area contributed by atoms with E-state index in [1.807, 2.05) is 0 Å². The van der Waals surface area contributed by atoms with Gasteiger partial charge in [-0.1, -0.05) is 30.3 Å². The van der Waals surface area contributed by atoms with Crippen molar-refractivity contribution in [3.8, 4) is 0 Å². The molecule has 142 valence electrons. The van der Waals surface area contributed by atoms with E-state index in [4.69, 9.17) is 9.47 Å². The predicted octanol–water partition coefficient (Wildman–Crippen LogP) is 1.82. The molecule has 0 saturated carbocycles. The van der Waals surface area contributed by atoms with Gasteiger partial charge in [-0.3, -0.25) is 19.3 Å². The van der Waals surface area contributed by atoms with Crippen LogP contribution in [0.3, 0.4) is 0 Å². The highest BCUT2D eigenvalue weighted by Gasteiger charge is 2.59. The molecule has 8 heteroatoms. The summed E-state index contributed by atoms with van der Waals surface area (Å²) in [6, 6.07) is 7.17. The molecule has 1 heterocycles. The Morgan fingerprint density at radius 1 is 1.12 bits per heavy atom. The molecule has 1 aliphatic rings. The summed E-state index contributed by atoms with van der Waals surface area (Å²) < 4.78 is 38.3. The largest absolute Gasteiger partial charge is 0.465 e. The Morgan fingerprint density at radius 3 is 2.27 bits per heavy atom. The topological polar surface area (TPSA) is 72.9 Å². The van der Waals surface area contributed by atoms with Crippen molar-refractivity contribution < 1.29 is 32.6 Å². The molecular formula is C18H21F2NO5. The van der Waals surface area contributed by atoms with Gasteiger partial charge in [0.05, 0.1) is 19.8 Å². The number of ketones is 1. The second-order valence-electron chi connectivity index (χ2n) is 5.89. The number of ether oxygens (including phenoxy) is 2. The van der Waals surface area contributed by atoms with Crippen molar-refractivity contribution in [2.24, 2.45) is 5.92 Å². The van der Waals surface area contributed by atoms with E-state index < -0.39 is 42.1 Å². The monoisotopic (exact) mass is 369 g/mol. The average Bonchev–Trinajstić information content (AvgIpc) is 2.58. The highest BCUT2D eigenvalue weighted by Crippen LogP contribution is 2.34. The van der Waals surface area contributed by atoms with Crippen LogP contribution in [-0.2, 0) is 30.4 Å². The van der Waals surface area contributed by atoms with Crippen LogP contribution in [0, 0.1) is 5.92 Å². The fraction of sp³-hybridized carbons (Fsp3) is 0.500. The lowest BCUT2D eigenvalue weighted by molar-refractivity contribution is -0.184. The number of carbonyl (C=O) groups excluding carboxylic acids is 3. The molecule has 2 rings (SSSR count). The molecule has 1 aliphatic heterocycles. The van der Waals surface area contributed by atoms with Gasteiger partial charge in [0, 0.05) is 6.54 Å². The van der Waals surface area contributed by atoms with E-state index in [2.05, 4.69) is 0 Å². The van der Waals surface area contributed by atoms with Crippen LogP contribution in [0.4, 0.5) is 8.78 Å². The van der Waals surface area contributed by atoms with Crippen LogP contribution in [0.5, 0.6) is 0 Å². The summed E-state index contributed by atoms with van der Waals surface area (Å²) in [6.45, 7) is 1.93. The van der Waals surface area contributed by atoms with E-state index in [1.54, 1.807) is 37.3 Å². The molecule has 1 saturated heterocycles. The summed E-state index contributed by atoms with van der Waals surface area (Å²) in [5, 5.41) is 0. The molecule has 0 spiro atoms. The van der Waals surface area contributed by atoms with Gasteiger partial charge >= 0.3 is 17.9 Å². The van der Waals surface area contributed by atoms with Crippen molar-refractivity contribution in [2.75, 3.05) is 19.8 Å². The van der Waals surface area contributed by atoms with Gasteiger partial charge in [-0.2, -0.15) is 8.78 Å². The molecule has 26 heavy (non-hydrogen) atoms. The van der Waals surface area contributed by atoms with E-state index in [0.29, 0.717) is 5.56 Å². The molecule has 1 fully saturated rings. The normalized spacial score (nSPS) is 22.7. The van der Waals surface area contributed by atoms with Gasteiger partial charge in [0.2, 0.25) is 5.78 Å². The number of piperidine rings is 1. The second kappa shape index (κ2) is 8.35. The Labute approximate surface area is 150 Å². The zero-order valence-electron chi connectivity index (χ0n) is 14.6. The maximum Gasteiger partial charge on any atom is 0.324 e. The van der Waals surface area contributed by atoms with Gasteiger partial charge in [-0.25, -0.2) is 0 Å². The second-order valence-corrected chi connectivity index (χ2v) is 5.89. The van der Waals surface area contributed by atoms with Crippen LogP contribution >= 0.6 is 0 Å². The first-order valence-electron chi connectivity index (χ1n) is 8.35. The lowest BCUT2D eigenvalue weighted by Gasteiger charge is -2.40. The third kappa shape index (κ3) is 4.24. The van der Waals surface area contributed by atoms with Crippen LogP contribution in [-0.4, -0.2) is 54.3 Å².